The maximum atomic E-state index is 14.6. The van der Waals surface area contributed by atoms with Gasteiger partial charge in [0.25, 0.3) is 0 Å². The molecule has 0 aliphatic heterocycles. The van der Waals surface area contributed by atoms with E-state index in [9.17, 15) is 13.6 Å². The van der Waals surface area contributed by atoms with Gasteiger partial charge in [0, 0.05) is 17.8 Å². The highest BCUT2D eigenvalue weighted by atomic mass is 79.9. The maximum absolute atomic E-state index is 14.6. The normalized spacial score (nSPS) is 11.9. The Morgan fingerprint density at radius 1 is 1.31 bits per heavy atom. The highest BCUT2D eigenvalue weighted by Crippen LogP contribution is 2.29. The van der Waals surface area contributed by atoms with Gasteiger partial charge in [-0.05, 0) is 57.0 Å². The van der Waals surface area contributed by atoms with E-state index < -0.39 is 23.6 Å². The lowest BCUT2D eigenvalue weighted by atomic mass is 10.1. The highest BCUT2D eigenvalue weighted by Gasteiger charge is 2.25. The van der Waals surface area contributed by atoms with E-state index in [0.717, 1.165) is 25.8 Å². The first kappa shape index (κ1) is 20.8. The zero-order valence-electron chi connectivity index (χ0n) is 15.6. The Morgan fingerprint density at radius 2 is 2.10 bits per heavy atom. The molecule has 8 nitrogen and oxygen atoms in total. The van der Waals surface area contributed by atoms with Gasteiger partial charge in [-0.15, -0.1) is 5.10 Å². The van der Waals surface area contributed by atoms with Crippen molar-refractivity contribution in [1.29, 1.82) is 0 Å². The van der Waals surface area contributed by atoms with E-state index in [2.05, 4.69) is 46.5 Å². The molecule has 2 heterocycles. The number of aryl methyl sites for hydroxylation is 1. The average molecular weight is 467 g/mol. The van der Waals surface area contributed by atoms with Crippen molar-refractivity contribution in [2.45, 2.75) is 25.9 Å². The maximum Gasteiger partial charge on any atom is 0.340 e. The second kappa shape index (κ2) is 9.03. The standard InChI is InChI=1S/C18H17BrF2N6O2/c1-3-6-27-17(24-25-26-27)16(11-8-15(19)22-9-14(11)21)23-10-4-5-13(20)12(7-10)18(28)29-2/h4-5,7-9,16,23H,3,6H2,1-2H3. The lowest BCUT2D eigenvalue weighted by molar-refractivity contribution is 0.0595. The molecule has 11 heteroatoms. The van der Waals surface area contributed by atoms with Gasteiger partial charge in [-0.1, -0.05) is 6.92 Å². The van der Waals surface area contributed by atoms with Crippen molar-refractivity contribution in [3.63, 3.8) is 0 Å². The number of carbonyl (C=O) groups excluding carboxylic acids is 1. The fraction of sp³-hybridized carbons (Fsp3) is 0.278. The van der Waals surface area contributed by atoms with Crippen LogP contribution in [0.3, 0.4) is 0 Å². The molecule has 0 radical (unpaired) electrons. The number of rotatable bonds is 7. The van der Waals surface area contributed by atoms with Gasteiger partial charge in [0.05, 0.1) is 18.9 Å². The third-order valence-electron chi connectivity index (χ3n) is 4.10. The monoisotopic (exact) mass is 466 g/mol. The minimum absolute atomic E-state index is 0.225. The molecule has 0 bridgehead atoms. The van der Waals surface area contributed by atoms with Crippen molar-refractivity contribution in [3.05, 3.63) is 63.7 Å². The number of methoxy groups -OCH3 is 1. The summed E-state index contributed by atoms with van der Waals surface area (Å²) in [6.07, 6.45) is 1.84. The minimum Gasteiger partial charge on any atom is -0.465 e. The first-order valence-corrected chi connectivity index (χ1v) is 9.45. The first-order valence-electron chi connectivity index (χ1n) is 8.66. The molecule has 3 aromatic rings. The van der Waals surface area contributed by atoms with E-state index in [1.54, 1.807) is 4.68 Å². The van der Waals surface area contributed by atoms with Crippen LogP contribution in [0.25, 0.3) is 0 Å². The number of ether oxygens (including phenoxy) is 1. The minimum atomic E-state index is -0.827. The molecule has 2 aromatic heterocycles. The highest BCUT2D eigenvalue weighted by molar-refractivity contribution is 9.10. The van der Waals surface area contributed by atoms with Crippen molar-refractivity contribution < 1.29 is 18.3 Å². The van der Waals surface area contributed by atoms with Gasteiger partial charge in [-0.2, -0.15) is 0 Å². The average Bonchev–Trinajstić information content (AvgIpc) is 3.17. The van der Waals surface area contributed by atoms with Crippen LogP contribution in [-0.4, -0.2) is 38.3 Å². The van der Waals surface area contributed by atoms with Crippen LogP contribution in [0.1, 0.15) is 41.1 Å². The number of halogens is 3. The zero-order valence-corrected chi connectivity index (χ0v) is 17.2. The van der Waals surface area contributed by atoms with Crippen LogP contribution in [0.4, 0.5) is 14.5 Å². The third-order valence-corrected chi connectivity index (χ3v) is 4.53. The molecule has 0 amide bonds. The number of anilines is 1. The molecule has 1 N–H and O–H groups in total. The summed E-state index contributed by atoms with van der Waals surface area (Å²) < 4.78 is 35.2. The molecule has 0 aliphatic rings. The van der Waals surface area contributed by atoms with Gasteiger partial charge in [-0.25, -0.2) is 23.2 Å². The third kappa shape index (κ3) is 4.56. The molecule has 0 aliphatic carbocycles. The fourth-order valence-corrected chi connectivity index (χ4v) is 3.12. The van der Waals surface area contributed by atoms with Crippen LogP contribution in [0.5, 0.6) is 0 Å². The van der Waals surface area contributed by atoms with Crippen LogP contribution in [-0.2, 0) is 11.3 Å². The second-order valence-corrected chi connectivity index (χ2v) is 6.86. The van der Waals surface area contributed by atoms with Crippen molar-refractivity contribution >= 4 is 27.6 Å². The van der Waals surface area contributed by atoms with E-state index in [1.807, 2.05) is 6.92 Å². The molecule has 29 heavy (non-hydrogen) atoms. The van der Waals surface area contributed by atoms with E-state index in [1.165, 1.54) is 18.2 Å². The summed E-state index contributed by atoms with van der Waals surface area (Å²) in [5, 5.41) is 14.8. The molecule has 0 fully saturated rings. The molecule has 0 saturated heterocycles. The van der Waals surface area contributed by atoms with Gasteiger partial charge in [0.15, 0.2) is 5.82 Å². The number of pyridine rings is 1. The summed E-state index contributed by atoms with van der Waals surface area (Å²) in [7, 11) is 1.16. The molecular weight excluding hydrogens is 450 g/mol. The molecule has 0 spiro atoms. The van der Waals surface area contributed by atoms with Crippen LogP contribution < -0.4 is 5.32 Å². The number of tetrazole rings is 1. The van der Waals surface area contributed by atoms with E-state index in [4.69, 9.17) is 0 Å². The Labute approximate surface area is 173 Å². The number of hydrogen-bond donors (Lipinski definition) is 1. The van der Waals surface area contributed by atoms with Crippen molar-refractivity contribution in [2.24, 2.45) is 0 Å². The predicted octanol–water partition coefficient (Wildman–Crippen LogP) is 3.51. The van der Waals surface area contributed by atoms with Crippen LogP contribution in [0, 0.1) is 11.6 Å². The smallest absolute Gasteiger partial charge is 0.340 e. The van der Waals surface area contributed by atoms with Gasteiger partial charge < -0.3 is 10.1 Å². The summed E-state index contributed by atoms with van der Waals surface area (Å²) in [6.45, 7) is 2.48. The molecule has 1 aromatic carbocycles. The van der Waals surface area contributed by atoms with Crippen molar-refractivity contribution in [1.82, 2.24) is 25.2 Å². The number of carbonyl (C=O) groups is 1. The molecule has 152 valence electrons. The summed E-state index contributed by atoms with van der Waals surface area (Å²) in [5.74, 6) is -1.77. The summed E-state index contributed by atoms with van der Waals surface area (Å²) in [4.78, 5) is 15.7. The van der Waals surface area contributed by atoms with Crippen LogP contribution >= 0.6 is 15.9 Å². The number of benzene rings is 1. The largest absolute Gasteiger partial charge is 0.465 e. The number of nitrogens with zero attached hydrogens (tertiary/aromatic N) is 5. The van der Waals surface area contributed by atoms with Crippen molar-refractivity contribution in [3.8, 4) is 0 Å². The predicted molar refractivity (Wildman–Crippen MR) is 103 cm³/mol. The number of esters is 1. The van der Waals surface area contributed by atoms with Gasteiger partial charge in [-0.3, -0.25) is 0 Å². The van der Waals surface area contributed by atoms with Gasteiger partial charge >= 0.3 is 5.97 Å². The summed E-state index contributed by atoms with van der Waals surface area (Å²) in [5.41, 5.74) is 0.332. The molecule has 1 atom stereocenters. The Hall–Kier alpha value is -2.95. The molecular formula is C18H17BrF2N6O2. The fourth-order valence-electron chi connectivity index (χ4n) is 2.77. The Bertz CT molecular complexity index is 1030. The summed E-state index contributed by atoms with van der Waals surface area (Å²) in [6, 6.07) is 4.52. The Morgan fingerprint density at radius 3 is 2.83 bits per heavy atom. The molecule has 1 unspecified atom stereocenters. The Balaban J connectivity index is 2.08. The molecule has 3 rings (SSSR count). The number of aromatic nitrogens is 5. The van der Waals surface area contributed by atoms with E-state index in [-0.39, 0.29) is 11.1 Å². The quantitative estimate of drug-likeness (QED) is 0.420. The van der Waals surface area contributed by atoms with E-state index in [0.29, 0.717) is 22.7 Å². The SMILES string of the molecule is CCCn1nnnc1C(Nc1ccc(F)c(C(=O)OC)c1)c1cc(Br)ncc1F. The van der Waals surface area contributed by atoms with Crippen LogP contribution in [0.2, 0.25) is 0 Å². The lowest BCUT2D eigenvalue weighted by Crippen LogP contribution is -2.20. The van der Waals surface area contributed by atoms with Crippen molar-refractivity contribution in [2.75, 3.05) is 12.4 Å². The summed E-state index contributed by atoms with van der Waals surface area (Å²) >= 11 is 3.24. The van der Waals surface area contributed by atoms with Gasteiger partial charge in [0.1, 0.15) is 22.3 Å². The molecule has 0 saturated carbocycles. The number of nitrogens with one attached hydrogen (secondary N) is 1. The topological polar surface area (TPSA) is 94.8 Å². The number of hydrogen-bond acceptors (Lipinski definition) is 7. The zero-order chi connectivity index (χ0) is 21.0. The first-order chi connectivity index (χ1) is 13.9. The van der Waals surface area contributed by atoms with Gasteiger partial charge in [0.2, 0.25) is 0 Å². The second-order valence-electron chi connectivity index (χ2n) is 6.05. The lowest BCUT2D eigenvalue weighted by Gasteiger charge is -2.21. The Kier molecular flexibility index (Phi) is 6.47. The van der Waals surface area contributed by atoms with Crippen LogP contribution in [0.15, 0.2) is 35.1 Å². The van der Waals surface area contributed by atoms with E-state index >= 15 is 0 Å².